The minimum Gasteiger partial charge on any atom is -0.476 e. The van der Waals surface area contributed by atoms with Gasteiger partial charge in [0.25, 0.3) is 0 Å². The molecule has 2 aliphatic rings. The van der Waals surface area contributed by atoms with E-state index < -0.39 is 0 Å². The molecule has 11 heteroatoms. The van der Waals surface area contributed by atoms with Gasteiger partial charge in [0, 0.05) is 51.7 Å². The van der Waals surface area contributed by atoms with Crippen LogP contribution in [0.25, 0.3) is 0 Å². The van der Waals surface area contributed by atoms with Crippen molar-refractivity contribution in [1.29, 1.82) is 0 Å². The maximum atomic E-state index is 5.94. The Morgan fingerprint density at radius 2 is 1.66 bits per heavy atom. The number of hydrogen-bond donors (Lipinski definition) is 0. The summed E-state index contributed by atoms with van der Waals surface area (Å²) in [6.07, 6.45) is 10.4. The van der Waals surface area contributed by atoms with Crippen molar-refractivity contribution >= 4 is 24.0 Å². The van der Waals surface area contributed by atoms with Crippen LogP contribution in [0.15, 0.2) is 24.8 Å². The van der Waals surface area contributed by atoms with Gasteiger partial charge in [0.1, 0.15) is 18.0 Å². The van der Waals surface area contributed by atoms with Crippen LogP contribution in [0.4, 0.5) is 11.8 Å². The Bertz CT molecular complexity index is 811. The van der Waals surface area contributed by atoms with E-state index in [0.29, 0.717) is 18.4 Å². The van der Waals surface area contributed by atoms with Crippen LogP contribution < -0.4 is 14.5 Å². The Morgan fingerprint density at radius 3 is 2.28 bits per heavy atom. The topological polar surface area (TPSA) is 89.0 Å². The fourth-order valence-electron chi connectivity index (χ4n) is 3.81. The van der Waals surface area contributed by atoms with E-state index >= 15 is 0 Å². The normalized spacial score (nSPS) is 18.2. The molecule has 32 heavy (non-hydrogen) atoms. The van der Waals surface area contributed by atoms with Gasteiger partial charge in [-0.15, -0.1) is 4.33 Å². The summed E-state index contributed by atoms with van der Waals surface area (Å²) in [4.78, 5) is 27.1. The number of ether oxygens (including phenoxy) is 1. The molecule has 2 fully saturated rings. The number of aromatic nitrogens is 4. The number of rotatable bonds is 9. The summed E-state index contributed by atoms with van der Waals surface area (Å²) in [7, 11) is 1.51. The Balaban J connectivity index is 1.18. The van der Waals surface area contributed by atoms with Crippen molar-refractivity contribution in [2.24, 2.45) is 5.92 Å². The molecule has 0 N–H and O–H groups in total. The van der Waals surface area contributed by atoms with Crippen molar-refractivity contribution in [3.8, 4) is 5.88 Å². The lowest BCUT2D eigenvalue weighted by Gasteiger charge is -2.33. The molecule has 0 spiro atoms. The summed E-state index contributed by atoms with van der Waals surface area (Å²) in [5, 5.41) is 0. The molecule has 0 unspecified atom stereocenters. The van der Waals surface area contributed by atoms with Crippen LogP contribution in [0.2, 0.25) is 0 Å². The Labute approximate surface area is 193 Å². The van der Waals surface area contributed by atoms with E-state index in [1.165, 1.54) is 24.9 Å². The monoisotopic (exact) mass is 461 g/mol. The molecule has 2 saturated heterocycles. The summed E-state index contributed by atoms with van der Waals surface area (Å²) in [6, 6.07) is 0. The number of aryl methyl sites for hydroxylation is 1. The molecule has 2 aromatic rings. The molecular formula is C21H31N7O3S. The molecule has 174 valence electrons. The van der Waals surface area contributed by atoms with Crippen LogP contribution in [0.3, 0.4) is 0 Å². The third-order valence-electron chi connectivity index (χ3n) is 5.85. The highest BCUT2D eigenvalue weighted by Gasteiger charge is 2.22. The number of hydrogen-bond acceptors (Lipinski definition) is 11. The first kappa shape index (κ1) is 23.0. The molecule has 0 aromatic carbocycles. The van der Waals surface area contributed by atoms with Gasteiger partial charge in [-0.1, -0.05) is 6.92 Å². The number of nitrogens with zero attached hydrogens (tertiary/aromatic N) is 7. The molecule has 4 rings (SSSR count). The van der Waals surface area contributed by atoms with Crippen molar-refractivity contribution in [2.45, 2.75) is 26.2 Å². The van der Waals surface area contributed by atoms with Crippen LogP contribution in [-0.2, 0) is 15.6 Å². The molecular weight excluding hydrogens is 430 g/mol. The summed E-state index contributed by atoms with van der Waals surface area (Å²) in [6.45, 7) is 8.11. The average Bonchev–Trinajstić information content (AvgIpc) is 2.87. The third-order valence-corrected chi connectivity index (χ3v) is 6.62. The van der Waals surface area contributed by atoms with Crippen molar-refractivity contribution in [2.75, 3.05) is 62.8 Å². The second kappa shape index (κ2) is 11.6. The standard InChI is InChI=1S/C21H31N7O3S/c1-3-17-12-24-21(25-13-17)27-6-4-18(5-7-27)16-30-20-15-22-19(14-23-20)26-8-10-28(11-9-26)32-31-29-2/h12-15,18H,3-11,16H2,1-2H3. The second-order valence-electron chi connectivity index (χ2n) is 7.92. The van der Waals surface area contributed by atoms with Gasteiger partial charge >= 0.3 is 0 Å². The first-order chi connectivity index (χ1) is 15.7. The number of piperazine rings is 1. The van der Waals surface area contributed by atoms with E-state index in [0.717, 1.165) is 70.3 Å². The van der Waals surface area contributed by atoms with Crippen LogP contribution in [0.5, 0.6) is 5.88 Å². The van der Waals surface area contributed by atoms with E-state index in [4.69, 9.17) is 9.07 Å². The molecule has 0 saturated carbocycles. The Hall–Kier alpha value is -2.21. The Morgan fingerprint density at radius 1 is 0.906 bits per heavy atom. The molecule has 0 bridgehead atoms. The minimum absolute atomic E-state index is 0.502. The predicted octanol–water partition coefficient (Wildman–Crippen LogP) is 2.39. The molecule has 4 heterocycles. The van der Waals surface area contributed by atoms with E-state index in [2.05, 4.69) is 45.9 Å². The van der Waals surface area contributed by atoms with Crippen LogP contribution in [-0.4, -0.2) is 77.2 Å². The zero-order valence-electron chi connectivity index (χ0n) is 18.7. The fourth-order valence-corrected chi connectivity index (χ4v) is 4.27. The van der Waals surface area contributed by atoms with Gasteiger partial charge in [-0.05, 0) is 30.7 Å². The molecule has 2 aromatic heterocycles. The van der Waals surface area contributed by atoms with Crippen molar-refractivity contribution in [1.82, 2.24) is 24.2 Å². The van der Waals surface area contributed by atoms with E-state index in [1.54, 1.807) is 12.4 Å². The second-order valence-corrected chi connectivity index (χ2v) is 8.73. The van der Waals surface area contributed by atoms with Gasteiger partial charge in [-0.25, -0.2) is 29.1 Å². The van der Waals surface area contributed by atoms with Crippen LogP contribution in [0.1, 0.15) is 25.3 Å². The molecule has 10 nitrogen and oxygen atoms in total. The first-order valence-corrected chi connectivity index (χ1v) is 11.8. The summed E-state index contributed by atoms with van der Waals surface area (Å²) in [5.41, 5.74) is 1.17. The minimum atomic E-state index is 0.502. The van der Waals surface area contributed by atoms with Gasteiger partial charge in [-0.2, -0.15) is 0 Å². The first-order valence-electron chi connectivity index (χ1n) is 11.1. The zero-order chi connectivity index (χ0) is 22.2. The average molecular weight is 462 g/mol. The largest absolute Gasteiger partial charge is 0.476 e. The lowest BCUT2D eigenvalue weighted by Crippen LogP contribution is -2.43. The van der Waals surface area contributed by atoms with E-state index in [-0.39, 0.29) is 0 Å². The molecule has 0 amide bonds. The van der Waals surface area contributed by atoms with Gasteiger partial charge < -0.3 is 14.5 Å². The van der Waals surface area contributed by atoms with Crippen molar-refractivity contribution in [3.63, 3.8) is 0 Å². The van der Waals surface area contributed by atoms with Gasteiger partial charge in [0.2, 0.25) is 11.8 Å². The molecule has 0 aliphatic carbocycles. The quantitative estimate of drug-likeness (QED) is 0.239. The van der Waals surface area contributed by atoms with Crippen molar-refractivity contribution in [3.05, 3.63) is 30.4 Å². The van der Waals surface area contributed by atoms with Crippen molar-refractivity contribution < 1.29 is 14.0 Å². The number of anilines is 2. The number of piperidine rings is 1. The maximum absolute atomic E-state index is 5.94. The maximum Gasteiger partial charge on any atom is 0.232 e. The summed E-state index contributed by atoms with van der Waals surface area (Å²) >= 11 is 1.24. The lowest BCUT2D eigenvalue weighted by atomic mass is 9.98. The van der Waals surface area contributed by atoms with E-state index in [1.807, 2.05) is 12.4 Å². The predicted molar refractivity (Wildman–Crippen MR) is 123 cm³/mol. The summed E-state index contributed by atoms with van der Waals surface area (Å²) < 4.78 is 13.0. The van der Waals surface area contributed by atoms with Gasteiger partial charge in [0.05, 0.1) is 26.1 Å². The molecule has 0 radical (unpaired) electrons. The smallest absolute Gasteiger partial charge is 0.232 e. The highest BCUT2D eigenvalue weighted by molar-refractivity contribution is 7.92. The molecule has 2 aliphatic heterocycles. The summed E-state index contributed by atoms with van der Waals surface area (Å²) in [5.74, 6) is 2.78. The Kier molecular flexibility index (Phi) is 8.32. The molecule has 0 atom stereocenters. The fraction of sp³-hybridized carbons (Fsp3) is 0.619. The van der Waals surface area contributed by atoms with Crippen LogP contribution in [0, 0.1) is 5.92 Å². The highest BCUT2D eigenvalue weighted by Crippen LogP contribution is 2.22. The van der Waals surface area contributed by atoms with E-state index in [9.17, 15) is 0 Å². The SMILES string of the molecule is CCc1cnc(N2CCC(COc3cnc(N4CCN(SOOC)CC4)cn3)CC2)nc1. The zero-order valence-corrected chi connectivity index (χ0v) is 19.5. The van der Waals surface area contributed by atoms with Crippen LogP contribution >= 0.6 is 12.2 Å². The highest BCUT2D eigenvalue weighted by atomic mass is 32.2. The van der Waals surface area contributed by atoms with Gasteiger partial charge in [0.15, 0.2) is 0 Å². The third kappa shape index (κ3) is 6.18. The van der Waals surface area contributed by atoms with Gasteiger partial charge in [-0.3, -0.25) is 0 Å². The lowest BCUT2D eigenvalue weighted by molar-refractivity contribution is -0.163.